The maximum atomic E-state index is 13.1. The van der Waals surface area contributed by atoms with Gasteiger partial charge in [0, 0.05) is 17.5 Å². The molecule has 2 aliphatic rings. The van der Waals surface area contributed by atoms with E-state index in [1.165, 1.54) is 56.1 Å². The minimum absolute atomic E-state index is 0.110. The van der Waals surface area contributed by atoms with Gasteiger partial charge in [-0.3, -0.25) is 4.79 Å². The third kappa shape index (κ3) is 4.99. The zero-order valence-corrected chi connectivity index (χ0v) is 17.5. The summed E-state index contributed by atoms with van der Waals surface area (Å²) >= 11 is 0. The van der Waals surface area contributed by atoms with Gasteiger partial charge < -0.3 is 10.1 Å². The fourth-order valence-electron chi connectivity index (χ4n) is 4.52. The van der Waals surface area contributed by atoms with E-state index < -0.39 is 0 Å². The molecule has 1 amide bonds. The Balaban J connectivity index is 1.67. The van der Waals surface area contributed by atoms with E-state index in [1.807, 2.05) is 54.6 Å². The number of nitrogens with one attached hydrogen (secondary N) is 1. The molecule has 1 N–H and O–H groups in total. The Labute approximate surface area is 179 Å². The lowest BCUT2D eigenvalue weighted by molar-refractivity contribution is 0.102. The molecule has 4 heteroatoms. The largest absolute Gasteiger partial charge is 0.477 e. The van der Waals surface area contributed by atoms with Crippen LogP contribution in [0.25, 0.3) is 0 Å². The molecule has 30 heavy (non-hydrogen) atoms. The highest BCUT2D eigenvalue weighted by Gasteiger charge is 2.27. The SMILES string of the molecule is O=C(Nc1cnc2c(c1C1CCCCCCC1)CCO2)c1ccccccccc1. The Morgan fingerprint density at radius 3 is 2.23 bits per heavy atom. The van der Waals surface area contributed by atoms with Crippen LogP contribution in [0, 0.1) is 0 Å². The van der Waals surface area contributed by atoms with Gasteiger partial charge in [0.2, 0.25) is 5.88 Å². The molecule has 0 saturated heterocycles. The monoisotopic (exact) mass is 402 g/mol. The van der Waals surface area contributed by atoms with Gasteiger partial charge in [-0.2, -0.15) is 0 Å². The summed E-state index contributed by atoms with van der Waals surface area (Å²) in [4.78, 5) is 17.6. The van der Waals surface area contributed by atoms with Gasteiger partial charge in [-0.05, 0) is 36.5 Å². The Kier molecular flexibility index (Phi) is 6.96. The zero-order valence-electron chi connectivity index (χ0n) is 17.5. The standard InChI is InChI=1S/C26H30N2O2/c29-25(21-15-11-5-2-1-3-6-12-16-21)28-23-19-27-26-22(17-18-30-26)24(23)20-13-9-7-4-8-10-14-20/h1-3,5-6,11-12,15-16,19-20H,4,7-10,13-14,17-18H2,(H,28,29). The lowest BCUT2D eigenvalue weighted by atomic mass is 9.83. The number of ether oxygens (including phenoxy) is 1. The van der Waals surface area contributed by atoms with Crippen LogP contribution in [0.2, 0.25) is 0 Å². The molecule has 0 unspecified atom stereocenters. The van der Waals surface area contributed by atoms with Crippen LogP contribution >= 0.6 is 0 Å². The van der Waals surface area contributed by atoms with E-state index in [4.69, 9.17) is 4.74 Å². The van der Waals surface area contributed by atoms with Crippen LogP contribution in [-0.2, 0) is 6.42 Å². The summed E-state index contributed by atoms with van der Waals surface area (Å²) in [5, 5.41) is 3.17. The highest BCUT2D eigenvalue weighted by atomic mass is 16.5. The van der Waals surface area contributed by atoms with Crippen LogP contribution in [0.4, 0.5) is 5.69 Å². The lowest BCUT2D eigenvalue weighted by Gasteiger charge is -2.24. The molecule has 156 valence electrons. The van der Waals surface area contributed by atoms with Crippen molar-refractivity contribution < 1.29 is 9.53 Å². The zero-order chi connectivity index (χ0) is 20.6. The first-order valence-electron chi connectivity index (χ1n) is 11.2. The van der Waals surface area contributed by atoms with E-state index in [9.17, 15) is 4.79 Å². The number of aromatic nitrogens is 1. The normalized spacial score (nSPS) is 16.4. The van der Waals surface area contributed by atoms with Gasteiger partial charge in [0.25, 0.3) is 5.91 Å². The Morgan fingerprint density at radius 1 is 0.900 bits per heavy atom. The van der Waals surface area contributed by atoms with Gasteiger partial charge in [0.1, 0.15) is 0 Å². The van der Waals surface area contributed by atoms with Crippen molar-refractivity contribution in [1.82, 2.24) is 4.98 Å². The van der Waals surface area contributed by atoms with Crippen molar-refractivity contribution >= 4 is 11.6 Å². The predicted octanol–water partition coefficient (Wildman–Crippen LogP) is 6.22. The number of anilines is 1. The van der Waals surface area contributed by atoms with E-state index in [2.05, 4.69) is 10.3 Å². The third-order valence-corrected chi connectivity index (χ3v) is 6.02. The summed E-state index contributed by atoms with van der Waals surface area (Å²) in [5.41, 5.74) is 3.92. The van der Waals surface area contributed by atoms with E-state index >= 15 is 0 Å². The van der Waals surface area contributed by atoms with Crippen molar-refractivity contribution in [2.24, 2.45) is 0 Å². The van der Waals surface area contributed by atoms with Gasteiger partial charge in [0.15, 0.2) is 0 Å². The molecule has 1 aromatic heterocycles. The number of nitrogens with zero attached hydrogens (tertiary/aromatic N) is 1. The van der Waals surface area contributed by atoms with Crippen LogP contribution < -0.4 is 10.1 Å². The maximum absolute atomic E-state index is 13.1. The van der Waals surface area contributed by atoms with Crippen molar-refractivity contribution in [1.29, 1.82) is 0 Å². The molecule has 1 aliphatic carbocycles. The van der Waals surface area contributed by atoms with Gasteiger partial charge in [-0.15, -0.1) is 0 Å². The second-order valence-electron chi connectivity index (χ2n) is 8.10. The average Bonchev–Trinajstić information content (AvgIpc) is 3.21. The first kappa shape index (κ1) is 20.4. The minimum Gasteiger partial charge on any atom is -0.477 e. The summed E-state index contributed by atoms with van der Waals surface area (Å²) in [6.45, 7) is 0.679. The van der Waals surface area contributed by atoms with Crippen LogP contribution in [0.5, 0.6) is 5.88 Å². The first-order chi connectivity index (χ1) is 14.8. The molecule has 1 aromatic carbocycles. The van der Waals surface area contributed by atoms with Gasteiger partial charge >= 0.3 is 0 Å². The second-order valence-corrected chi connectivity index (χ2v) is 8.10. The maximum Gasteiger partial charge on any atom is 0.255 e. The number of hydrogen-bond donors (Lipinski definition) is 1. The summed E-state index contributed by atoms with van der Waals surface area (Å²) < 4.78 is 5.75. The number of fused-ring (bicyclic) bond motifs is 1. The Hall–Kier alpha value is -2.88. The molecular formula is C26H30N2O2. The highest BCUT2D eigenvalue weighted by molar-refractivity contribution is 6.04. The van der Waals surface area contributed by atoms with Gasteiger partial charge in [-0.1, -0.05) is 74.6 Å². The van der Waals surface area contributed by atoms with Crippen molar-refractivity contribution in [3.63, 3.8) is 0 Å². The third-order valence-electron chi connectivity index (χ3n) is 6.02. The second kappa shape index (κ2) is 10.2. The number of rotatable bonds is 3. The molecule has 0 spiro atoms. The molecule has 1 fully saturated rings. The highest BCUT2D eigenvalue weighted by Crippen LogP contribution is 2.41. The van der Waals surface area contributed by atoms with Gasteiger partial charge in [0.05, 0.1) is 18.5 Å². The van der Waals surface area contributed by atoms with Crippen molar-refractivity contribution in [3.05, 3.63) is 77.5 Å². The molecule has 4 rings (SSSR count). The Bertz CT molecular complexity index is 907. The fourth-order valence-corrected chi connectivity index (χ4v) is 4.52. The summed E-state index contributed by atoms with van der Waals surface area (Å²) in [5.74, 6) is 1.10. The number of carbonyl (C=O) groups excluding carboxylic acids is 1. The van der Waals surface area contributed by atoms with E-state index in [1.54, 1.807) is 6.20 Å². The molecule has 4 nitrogen and oxygen atoms in total. The van der Waals surface area contributed by atoms with Crippen LogP contribution in [0.15, 0.2) is 60.8 Å². The summed E-state index contributed by atoms with van der Waals surface area (Å²) in [6.07, 6.45) is 11.4. The van der Waals surface area contributed by atoms with E-state index in [-0.39, 0.29) is 5.91 Å². The quantitative estimate of drug-likeness (QED) is 0.663. The number of pyridine rings is 1. The average molecular weight is 403 g/mol. The molecule has 0 radical (unpaired) electrons. The smallest absolute Gasteiger partial charge is 0.255 e. The molecule has 0 bridgehead atoms. The minimum atomic E-state index is -0.110. The van der Waals surface area contributed by atoms with Crippen molar-refractivity contribution in [3.8, 4) is 5.88 Å². The summed E-state index contributed by atoms with van der Waals surface area (Å²) in [6, 6.07) is 17.1. The number of amides is 1. The van der Waals surface area contributed by atoms with E-state index in [0.717, 1.165) is 18.0 Å². The molecule has 2 aromatic rings. The molecule has 1 saturated carbocycles. The van der Waals surface area contributed by atoms with Crippen molar-refractivity contribution in [2.75, 3.05) is 11.9 Å². The van der Waals surface area contributed by atoms with E-state index in [0.29, 0.717) is 18.1 Å². The van der Waals surface area contributed by atoms with Crippen LogP contribution in [0.3, 0.4) is 0 Å². The lowest BCUT2D eigenvalue weighted by Crippen LogP contribution is -2.16. The first-order valence-corrected chi connectivity index (χ1v) is 11.2. The molecule has 0 atom stereocenters. The molecule has 1 aliphatic heterocycles. The Morgan fingerprint density at radius 2 is 1.53 bits per heavy atom. The van der Waals surface area contributed by atoms with Gasteiger partial charge in [-0.25, -0.2) is 4.98 Å². The predicted molar refractivity (Wildman–Crippen MR) is 121 cm³/mol. The van der Waals surface area contributed by atoms with Crippen LogP contribution in [-0.4, -0.2) is 17.5 Å². The van der Waals surface area contributed by atoms with Crippen molar-refractivity contribution in [2.45, 2.75) is 57.3 Å². The molecular weight excluding hydrogens is 372 g/mol. The number of hydrogen-bond acceptors (Lipinski definition) is 3. The number of carbonyl (C=O) groups is 1. The van der Waals surface area contributed by atoms with Crippen LogP contribution in [0.1, 0.15) is 72.3 Å². The fraction of sp³-hybridized carbons (Fsp3) is 0.385. The summed E-state index contributed by atoms with van der Waals surface area (Å²) in [7, 11) is 0. The molecule has 2 heterocycles. The topological polar surface area (TPSA) is 51.2 Å².